The average molecular weight is 398 g/mol. The van der Waals surface area contributed by atoms with E-state index in [4.69, 9.17) is 4.74 Å². The van der Waals surface area contributed by atoms with Crippen molar-refractivity contribution in [3.63, 3.8) is 0 Å². The number of nitrogens with zero attached hydrogens (tertiary/aromatic N) is 1. The van der Waals surface area contributed by atoms with E-state index < -0.39 is 0 Å². The van der Waals surface area contributed by atoms with Crippen molar-refractivity contribution < 1.29 is 9.53 Å². The molecule has 7 heteroatoms. The number of nitrogens with one attached hydrogen (secondary N) is 2. The van der Waals surface area contributed by atoms with Gasteiger partial charge in [0.05, 0.1) is 18.4 Å². The SMILES string of the molecule is COc1cccc(Nc2ccccc2C(=O)N2CCCNCC2)c1.Cl.Cl. The van der Waals surface area contributed by atoms with Gasteiger partial charge >= 0.3 is 0 Å². The third-order valence-electron chi connectivity index (χ3n) is 4.13. The molecule has 1 aliphatic heterocycles. The van der Waals surface area contributed by atoms with Gasteiger partial charge in [0.1, 0.15) is 5.75 Å². The molecule has 2 aromatic rings. The fraction of sp³-hybridized carbons (Fsp3) is 0.316. The Morgan fingerprint density at radius 3 is 2.69 bits per heavy atom. The van der Waals surface area contributed by atoms with E-state index in [1.807, 2.05) is 53.4 Å². The van der Waals surface area contributed by atoms with Crippen LogP contribution in [0.25, 0.3) is 0 Å². The number of amides is 1. The monoisotopic (exact) mass is 397 g/mol. The summed E-state index contributed by atoms with van der Waals surface area (Å²) in [5.74, 6) is 0.854. The van der Waals surface area contributed by atoms with Crippen molar-refractivity contribution in [2.45, 2.75) is 6.42 Å². The van der Waals surface area contributed by atoms with Gasteiger partial charge in [-0.25, -0.2) is 0 Å². The van der Waals surface area contributed by atoms with Crippen LogP contribution in [0.1, 0.15) is 16.8 Å². The first-order chi connectivity index (χ1) is 11.8. The highest BCUT2D eigenvalue weighted by molar-refractivity contribution is 6.00. The molecule has 0 aromatic heterocycles. The molecule has 0 saturated carbocycles. The molecule has 2 N–H and O–H groups in total. The molecule has 0 aliphatic carbocycles. The van der Waals surface area contributed by atoms with Crippen molar-refractivity contribution in [2.24, 2.45) is 0 Å². The van der Waals surface area contributed by atoms with Crippen LogP contribution in [-0.2, 0) is 0 Å². The van der Waals surface area contributed by atoms with E-state index >= 15 is 0 Å². The number of rotatable bonds is 4. The minimum atomic E-state index is 0. The summed E-state index contributed by atoms with van der Waals surface area (Å²) in [6, 6.07) is 15.3. The molecule has 0 bridgehead atoms. The van der Waals surface area contributed by atoms with Crippen LogP contribution in [0.15, 0.2) is 48.5 Å². The molecule has 0 spiro atoms. The second kappa shape index (κ2) is 10.9. The highest BCUT2D eigenvalue weighted by Gasteiger charge is 2.19. The number of methoxy groups -OCH3 is 1. The van der Waals surface area contributed by atoms with E-state index in [1.165, 1.54) is 0 Å². The van der Waals surface area contributed by atoms with Gasteiger partial charge in [-0.3, -0.25) is 4.79 Å². The normalized spacial score (nSPS) is 13.7. The molecule has 3 rings (SSSR count). The van der Waals surface area contributed by atoms with Gasteiger partial charge < -0.3 is 20.3 Å². The molecular formula is C19H25Cl2N3O2. The molecule has 1 fully saturated rings. The molecule has 1 heterocycles. The number of ether oxygens (including phenoxy) is 1. The van der Waals surface area contributed by atoms with Crippen LogP contribution >= 0.6 is 24.8 Å². The molecule has 2 aromatic carbocycles. The van der Waals surface area contributed by atoms with Crippen LogP contribution < -0.4 is 15.4 Å². The van der Waals surface area contributed by atoms with Crippen LogP contribution in [0.5, 0.6) is 5.75 Å². The number of hydrogen-bond donors (Lipinski definition) is 2. The van der Waals surface area contributed by atoms with Crippen molar-refractivity contribution in [1.82, 2.24) is 10.2 Å². The minimum absolute atomic E-state index is 0. The van der Waals surface area contributed by atoms with Gasteiger partial charge in [0, 0.05) is 31.4 Å². The Labute approximate surface area is 166 Å². The number of hydrogen-bond acceptors (Lipinski definition) is 4. The van der Waals surface area contributed by atoms with Gasteiger partial charge in [0.15, 0.2) is 0 Å². The lowest BCUT2D eigenvalue weighted by Crippen LogP contribution is -2.34. The second-order valence-electron chi connectivity index (χ2n) is 5.80. The summed E-state index contributed by atoms with van der Waals surface area (Å²) >= 11 is 0. The third-order valence-corrected chi connectivity index (χ3v) is 4.13. The zero-order valence-corrected chi connectivity index (χ0v) is 16.4. The summed E-state index contributed by atoms with van der Waals surface area (Å²) in [4.78, 5) is 14.8. The number of halogens is 2. The van der Waals surface area contributed by atoms with Crippen LogP contribution in [0.4, 0.5) is 11.4 Å². The minimum Gasteiger partial charge on any atom is -0.497 e. The number of anilines is 2. The largest absolute Gasteiger partial charge is 0.497 e. The van der Waals surface area contributed by atoms with Crippen LogP contribution in [0.2, 0.25) is 0 Å². The number of carbonyl (C=O) groups excluding carboxylic acids is 1. The van der Waals surface area contributed by atoms with Crippen molar-refractivity contribution in [3.8, 4) is 5.75 Å². The van der Waals surface area contributed by atoms with Crippen molar-refractivity contribution in [2.75, 3.05) is 38.6 Å². The second-order valence-corrected chi connectivity index (χ2v) is 5.80. The van der Waals surface area contributed by atoms with Crippen molar-refractivity contribution >= 4 is 42.1 Å². The summed E-state index contributed by atoms with van der Waals surface area (Å²) in [5, 5.41) is 6.67. The first-order valence-corrected chi connectivity index (χ1v) is 8.28. The highest BCUT2D eigenvalue weighted by Crippen LogP contribution is 2.25. The van der Waals surface area contributed by atoms with Crippen molar-refractivity contribution in [1.29, 1.82) is 0 Å². The fourth-order valence-corrected chi connectivity index (χ4v) is 2.85. The summed E-state index contributed by atoms with van der Waals surface area (Å²) in [5.41, 5.74) is 2.40. The first-order valence-electron chi connectivity index (χ1n) is 8.28. The predicted molar refractivity (Wildman–Crippen MR) is 111 cm³/mol. The van der Waals surface area contributed by atoms with E-state index in [0.29, 0.717) is 5.56 Å². The summed E-state index contributed by atoms with van der Waals surface area (Å²) in [6.07, 6.45) is 0.983. The summed E-state index contributed by atoms with van der Waals surface area (Å²) in [6.45, 7) is 3.34. The molecular weight excluding hydrogens is 373 g/mol. The zero-order valence-electron chi connectivity index (χ0n) is 14.7. The molecule has 1 amide bonds. The van der Waals surface area contributed by atoms with E-state index in [1.54, 1.807) is 7.11 Å². The van der Waals surface area contributed by atoms with Crippen LogP contribution in [-0.4, -0.2) is 44.1 Å². The lowest BCUT2D eigenvalue weighted by Gasteiger charge is -2.22. The topological polar surface area (TPSA) is 53.6 Å². The first kappa shape index (κ1) is 22.1. The highest BCUT2D eigenvalue weighted by atomic mass is 35.5. The van der Waals surface area contributed by atoms with Crippen LogP contribution in [0.3, 0.4) is 0 Å². The Kier molecular flexibility index (Phi) is 9.27. The van der Waals surface area contributed by atoms with Gasteiger partial charge in [0.25, 0.3) is 5.91 Å². The van der Waals surface area contributed by atoms with E-state index in [9.17, 15) is 4.79 Å². The Balaban J connectivity index is 0.00000169. The third kappa shape index (κ3) is 5.53. The van der Waals surface area contributed by atoms with Gasteiger partial charge in [-0.05, 0) is 37.2 Å². The van der Waals surface area contributed by atoms with Crippen molar-refractivity contribution in [3.05, 3.63) is 54.1 Å². The fourth-order valence-electron chi connectivity index (χ4n) is 2.85. The molecule has 0 unspecified atom stereocenters. The Hall–Kier alpha value is -1.95. The molecule has 0 radical (unpaired) electrons. The van der Waals surface area contributed by atoms with Gasteiger partial charge in [-0.2, -0.15) is 0 Å². The predicted octanol–water partition coefficient (Wildman–Crippen LogP) is 3.72. The maximum absolute atomic E-state index is 12.9. The Bertz CT molecular complexity index is 705. The summed E-state index contributed by atoms with van der Waals surface area (Å²) < 4.78 is 5.26. The quantitative estimate of drug-likeness (QED) is 0.825. The lowest BCUT2D eigenvalue weighted by atomic mass is 10.1. The maximum Gasteiger partial charge on any atom is 0.256 e. The molecule has 1 aliphatic rings. The number of para-hydroxylation sites is 1. The zero-order chi connectivity index (χ0) is 16.8. The van der Waals surface area contributed by atoms with Gasteiger partial charge in [-0.1, -0.05) is 18.2 Å². The lowest BCUT2D eigenvalue weighted by molar-refractivity contribution is 0.0767. The molecule has 0 atom stereocenters. The molecule has 5 nitrogen and oxygen atoms in total. The Morgan fingerprint density at radius 2 is 1.88 bits per heavy atom. The number of benzene rings is 2. The van der Waals surface area contributed by atoms with Crippen LogP contribution in [0, 0.1) is 0 Å². The Morgan fingerprint density at radius 1 is 1.08 bits per heavy atom. The molecule has 26 heavy (non-hydrogen) atoms. The maximum atomic E-state index is 12.9. The molecule has 1 saturated heterocycles. The standard InChI is InChI=1S/C19H23N3O2.2ClH/c1-24-16-7-4-6-15(14-16)21-18-9-3-2-8-17(18)19(23)22-12-5-10-20-11-13-22;;/h2-4,6-9,14,20-21H,5,10-13H2,1H3;2*1H. The smallest absolute Gasteiger partial charge is 0.256 e. The van der Waals surface area contributed by atoms with E-state index in [2.05, 4.69) is 10.6 Å². The van der Waals surface area contributed by atoms with E-state index in [0.717, 1.165) is 49.7 Å². The van der Waals surface area contributed by atoms with Gasteiger partial charge in [0.2, 0.25) is 0 Å². The number of carbonyl (C=O) groups is 1. The average Bonchev–Trinajstić information content (AvgIpc) is 2.91. The summed E-state index contributed by atoms with van der Waals surface area (Å²) in [7, 11) is 1.64. The van der Waals surface area contributed by atoms with E-state index in [-0.39, 0.29) is 30.7 Å². The van der Waals surface area contributed by atoms with Gasteiger partial charge in [-0.15, -0.1) is 24.8 Å². The molecule has 142 valence electrons.